The molecule has 0 bridgehead atoms. The minimum absolute atomic E-state index is 0. The van der Waals surface area contributed by atoms with Crippen LogP contribution in [0.1, 0.15) is 19.7 Å². The molecule has 1 aromatic carbocycles. The van der Waals surface area contributed by atoms with Gasteiger partial charge in [0.05, 0.1) is 13.7 Å². The zero-order valence-electron chi connectivity index (χ0n) is 12.6. The number of carbonyl (C=O) groups is 1. The maximum Gasteiger partial charge on any atom is 0.343 e. The van der Waals surface area contributed by atoms with E-state index >= 15 is 0 Å². The molecule has 2 aromatic rings. The topological polar surface area (TPSA) is 57.9 Å². The van der Waals surface area contributed by atoms with Crippen LogP contribution in [0.25, 0.3) is 17.0 Å². The summed E-state index contributed by atoms with van der Waals surface area (Å²) in [5.74, 6) is 0.856. The Bertz CT molecular complexity index is 680. The highest BCUT2D eigenvalue weighted by molar-refractivity contribution is 7.09. The molecule has 120 valence electrons. The van der Waals surface area contributed by atoms with Crippen LogP contribution in [-0.2, 0) is 20.5 Å². The Labute approximate surface area is 133 Å². The molecule has 0 amide bonds. The van der Waals surface area contributed by atoms with Crippen LogP contribution in [-0.4, -0.2) is 26.3 Å². The van der Waals surface area contributed by atoms with E-state index in [2.05, 4.69) is 14.2 Å². The van der Waals surface area contributed by atoms with Crippen molar-refractivity contribution in [3.63, 3.8) is 0 Å². The molecule has 1 heterocycles. The van der Waals surface area contributed by atoms with E-state index in [1.807, 2.05) is 31.2 Å². The number of furan rings is 1. The standard InChI is InChI=1S/C16H19O5P.H2/c1-3-5-13-11(8-9-20-22)12-6-4-7-14(16(12)21-13)19-10-15(17)18-2;/h3-7H,8-10,22H2,1-2H3;1H/b5-3+;/i;1+2. The Hall–Kier alpha value is -1.84. The second-order valence-electron chi connectivity index (χ2n) is 4.56. The number of hydrogen-bond acceptors (Lipinski definition) is 5. The zero-order valence-corrected chi connectivity index (χ0v) is 13.8. The summed E-state index contributed by atoms with van der Waals surface area (Å²) in [4.78, 5) is 11.2. The van der Waals surface area contributed by atoms with Crippen molar-refractivity contribution in [3.8, 4) is 5.75 Å². The molecular weight excluding hydrogens is 303 g/mol. The van der Waals surface area contributed by atoms with Gasteiger partial charge in [0.15, 0.2) is 17.9 Å². The number of para-hydroxylation sites is 1. The lowest BCUT2D eigenvalue weighted by Crippen LogP contribution is -2.12. The van der Waals surface area contributed by atoms with E-state index in [1.165, 1.54) is 7.11 Å². The highest BCUT2D eigenvalue weighted by atomic mass is 31.0. The summed E-state index contributed by atoms with van der Waals surface area (Å²) in [7, 11) is 3.57. The SMILES string of the molecule is C/C=C/c1oc2c(OCC(=O)OC)cccc2c1CCOP.[3HH]. The van der Waals surface area contributed by atoms with Gasteiger partial charge in [0.2, 0.25) is 0 Å². The van der Waals surface area contributed by atoms with Crippen LogP contribution in [0.4, 0.5) is 0 Å². The highest BCUT2D eigenvalue weighted by Gasteiger charge is 2.16. The maximum atomic E-state index is 11.2. The number of rotatable bonds is 7. The number of carbonyl (C=O) groups excluding carboxylic acids is 1. The van der Waals surface area contributed by atoms with Crippen LogP contribution in [0, 0.1) is 0 Å². The minimum atomic E-state index is -0.436. The number of esters is 1. The first-order valence-electron chi connectivity index (χ1n) is 6.89. The van der Waals surface area contributed by atoms with E-state index in [0.717, 1.165) is 23.1 Å². The molecule has 0 aliphatic heterocycles. The molecule has 1 unspecified atom stereocenters. The van der Waals surface area contributed by atoms with Gasteiger partial charge in [-0.15, -0.1) is 0 Å². The number of benzene rings is 1. The average Bonchev–Trinajstić information content (AvgIpc) is 2.88. The van der Waals surface area contributed by atoms with Gasteiger partial charge in [0.25, 0.3) is 0 Å². The predicted molar refractivity (Wildman–Crippen MR) is 89.9 cm³/mol. The molecule has 0 radical (unpaired) electrons. The van der Waals surface area contributed by atoms with Crippen LogP contribution in [0.15, 0.2) is 28.7 Å². The van der Waals surface area contributed by atoms with Crippen LogP contribution in [0.5, 0.6) is 5.75 Å². The fourth-order valence-electron chi connectivity index (χ4n) is 2.18. The van der Waals surface area contributed by atoms with E-state index in [-0.39, 0.29) is 8.03 Å². The molecule has 2 rings (SSSR count). The summed E-state index contributed by atoms with van der Waals surface area (Å²) in [6, 6.07) is 5.61. The minimum Gasteiger partial charge on any atom is -0.478 e. The van der Waals surface area contributed by atoms with Crippen molar-refractivity contribution < 1.29 is 24.6 Å². The van der Waals surface area contributed by atoms with Gasteiger partial charge >= 0.3 is 5.97 Å². The Balaban J connectivity index is 0.00000264. The van der Waals surface area contributed by atoms with Gasteiger partial charge in [-0.05, 0) is 19.1 Å². The third-order valence-electron chi connectivity index (χ3n) is 3.17. The van der Waals surface area contributed by atoms with Gasteiger partial charge < -0.3 is 18.4 Å². The predicted octanol–water partition coefficient (Wildman–Crippen LogP) is 3.61. The Morgan fingerprint density at radius 1 is 1.45 bits per heavy atom. The van der Waals surface area contributed by atoms with E-state index in [0.29, 0.717) is 17.9 Å². The van der Waals surface area contributed by atoms with Crippen molar-refractivity contribution in [2.24, 2.45) is 0 Å². The first kappa shape index (κ1) is 16.5. The smallest absolute Gasteiger partial charge is 0.343 e. The van der Waals surface area contributed by atoms with Gasteiger partial charge in [-0.3, -0.25) is 0 Å². The van der Waals surface area contributed by atoms with E-state index < -0.39 is 5.97 Å². The van der Waals surface area contributed by atoms with Crippen molar-refractivity contribution >= 4 is 32.5 Å². The molecule has 0 fully saturated rings. The second-order valence-corrected chi connectivity index (χ2v) is 4.90. The van der Waals surface area contributed by atoms with Gasteiger partial charge in [-0.25, -0.2) is 4.79 Å². The summed E-state index contributed by atoms with van der Waals surface area (Å²) in [6.45, 7) is 2.34. The third-order valence-corrected chi connectivity index (χ3v) is 3.41. The Morgan fingerprint density at radius 3 is 2.95 bits per heavy atom. The van der Waals surface area contributed by atoms with Gasteiger partial charge in [-0.1, -0.05) is 18.2 Å². The van der Waals surface area contributed by atoms with Crippen molar-refractivity contribution in [1.29, 1.82) is 0 Å². The molecule has 1 atom stereocenters. The molecule has 22 heavy (non-hydrogen) atoms. The Morgan fingerprint density at radius 2 is 2.27 bits per heavy atom. The number of fused-ring (bicyclic) bond motifs is 1. The van der Waals surface area contributed by atoms with Crippen molar-refractivity contribution in [2.75, 3.05) is 20.3 Å². The van der Waals surface area contributed by atoms with Crippen molar-refractivity contribution in [2.45, 2.75) is 13.3 Å². The van der Waals surface area contributed by atoms with Gasteiger partial charge in [-0.2, -0.15) is 0 Å². The van der Waals surface area contributed by atoms with Crippen LogP contribution in [0.3, 0.4) is 0 Å². The molecule has 6 heteroatoms. The lowest BCUT2D eigenvalue weighted by Gasteiger charge is -2.05. The Kier molecular flexibility index (Phi) is 5.99. The molecule has 0 spiro atoms. The van der Waals surface area contributed by atoms with Crippen LogP contribution >= 0.6 is 9.47 Å². The largest absolute Gasteiger partial charge is 0.478 e. The monoisotopic (exact) mass is 326 g/mol. The molecule has 0 aliphatic carbocycles. The summed E-state index contributed by atoms with van der Waals surface area (Å²) in [6.07, 6.45) is 4.54. The van der Waals surface area contributed by atoms with Gasteiger partial charge in [0, 0.05) is 28.3 Å². The van der Waals surface area contributed by atoms with E-state index in [4.69, 9.17) is 13.7 Å². The fourth-order valence-corrected chi connectivity index (χ4v) is 2.29. The molecule has 0 saturated heterocycles. The zero-order chi connectivity index (χ0) is 15.9. The van der Waals surface area contributed by atoms with Crippen molar-refractivity contribution in [3.05, 3.63) is 35.6 Å². The molecule has 0 saturated carbocycles. The first-order chi connectivity index (χ1) is 10.7. The number of methoxy groups -OCH3 is 1. The quantitative estimate of drug-likeness (QED) is 0.574. The summed E-state index contributed by atoms with van der Waals surface area (Å²) >= 11 is 0. The molecular formula is C16H21O5P. The second kappa shape index (κ2) is 7.97. The summed E-state index contributed by atoms with van der Waals surface area (Å²) in [5, 5.41) is 0.956. The molecule has 0 aliphatic rings. The summed E-state index contributed by atoms with van der Waals surface area (Å²) < 4.78 is 21.1. The van der Waals surface area contributed by atoms with Crippen molar-refractivity contribution in [1.82, 2.24) is 0 Å². The molecule has 5 nitrogen and oxygen atoms in total. The number of allylic oxidation sites excluding steroid dienone is 1. The highest BCUT2D eigenvalue weighted by Crippen LogP contribution is 2.34. The number of ether oxygens (including phenoxy) is 2. The lowest BCUT2D eigenvalue weighted by atomic mass is 10.1. The maximum absolute atomic E-state index is 11.2. The number of hydrogen-bond donors (Lipinski definition) is 0. The molecule has 1 aromatic heterocycles. The summed E-state index contributed by atoms with van der Waals surface area (Å²) in [5.41, 5.74) is 1.68. The normalized spacial score (nSPS) is 11.2. The fraction of sp³-hybridized carbons (Fsp3) is 0.312. The lowest BCUT2D eigenvalue weighted by molar-refractivity contribution is -0.142. The first-order valence-corrected chi connectivity index (χ1v) is 7.36. The van der Waals surface area contributed by atoms with Crippen LogP contribution in [0.2, 0.25) is 0 Å². The van der Waals surface area contributed by atoms with Gasteiger partial charge in [0.1, 0.15) is 5.76 Å². The van der Waals surface area contributed by atoms with E-state index in [1.54, 1.807) is 6.07 Å². The van der Waals surface area contributed by atoms with Crippen LogP contribution < -0.4 is 4.74 Å². The van der Waals surface area contributed by atoms with E-state index in [9.17, 15) is 4.79 Å². The third kappa shape index (κ3) is 3.67. The average molecular weight is 326 g/mol. The molecule has 0 N–H and O–H groups in total.